The number of hydrogen-bond donors (Lipinski definition) is 0. The monoisotopic (exact) mass is 322 g/mol. The molecule has 118 valence electrons. The average molecular weight is 322 g/mol. The molecule has 0 saturated carbocycles. The highest BCUT2D eigenvalue weighted by Gasteiger charge is 2.36. The Morgan fingerprint density at radius 2 is 1.95 bits per heavy atom. The van der Waals surface area contributed by atoms with Crippen LogP contribution in [0.15, 0.2) is 33.6 Å². The smallest absolute Gasteiger partial charge is 0.285 e. The standard InChI is InChI=1S/C15H18N2O4S/c18-22(19)14-6-2-1-4-11(14)15(16-22)17-7-9-21-13(10-17)12-5-3-8-20-12/h1-2,4,6,12-13H,3,5,7-10H2. The molecule has 0 aromatic heterocycles. The van der Waals surface area contributed by atoms with Crippen molar-refractivity contribution in [2.75, 3.05) is 26.3 Å². The minimum absolute atomic E-state index is 0.0191. The number of morpholine rings is 1. The second-order valence-corrected chi connectivity index (χ2v) is 7.37. The van der Waals surface area contributed by atoms with Gasteiger partial charge in [-0.1, -0.05) is 12.1 Å². The first-order chi connectivity index (χ1) is 10.6. The Kier molecular flexibility index (Phi) is 3.43. The quantitative estimate of drug-likeness (QED) is 0.772. The Morgan fingerprint density at radius 3 is 2.77 bits per heavy atom. The molecule has 2 fully saturated rings. The van der Waals surface area contributed by atoms with E-state index in [2.05, 4.69) is 4.40 Å². The summed E-state index contributed by atoms with van der Waals surface area (Å²) in [6, 6.07) is 6.99. The zero-order valence-corrected chi connectivity index (χ0v) is 13.0. The largest absolute Gasteiger partial charge is 0.375 e. The lowest BCUT2D eigenvalue weighted by molar-refractivity contribution is -0.0809. The molecule has 0 amide bonds. The predicted molar refractivity (Wildman–Crippen MR) is 80.5 cm³/mol. The molecule has 1 aromatic rings. The molecule has 0 aliphatic carbocycles. The van der Waals surface area contributed by atoms with E-state index in [1.165, 1.54) is 0 Å². The summed E-state index contributed by atoms with van der Waals surface area (Å²) in [5.41, 5.74) is 0.690. The molecule has 3 aliphatic rings. The van der Waals surface area contributed by atoms with E-state index in [4.69, 9.17) is 9.47 Å². The first-order valence-electron chi connectivity index (χ1n) is 7.58. The van der Waals surface area contributed by atoms with Crippen molar-refractivity contribution >= 4 is 15.9 Å². The van der Waals surface area contributed by atoms with E-state index in [0.717, 1.165) is 19.4 Å². The van der Waals surface area contributed by atoms with Crippen molar-refractivity contribution in [3.63, 3.8) is 0 Å². The zero-order chi connectivity index (χ0) is 15.2. The second-order valence-electron chi connectivity index (χ2n) is 5.79. The van der Waals surface area contributed by atoms with Crippen LogP contribution in [0.25, 0.3) is 0 Å². The maximum atomic E-state index is 12.2. The van der Waals surface area contributed by atoms with Crippen molar-refractivity contribution in [1.29, 1.82) is 0 Å². The molecule has 22 heavy (non-hydrogen) atoms. The van der Waals surface area contributed by atoms with E-state index in [9.17, 15) is 8.42 Å². The predicted octanol–water partition coefficient (Wildman–Crippen LogP) is 1.02. The van der Waals surface area contributed by atoms with Gasteiger partial charge >= 0.3 is 0 Å². The Morgan fingerprint density at radius 1 is 1.14 bits per heavy atom. The maximum Gasteiger partial charge on any atom is 0.285 e. The zero-order valence-electron chi connectivity index (χ0n) is 12.1. The number of fused-ring (bicyclic) bond motifs is 1. The molecule has 2 unspecified atom stereocenters. The lowest BCUT2D eigenvalue weighted by Crippen LogP contribution is -2.49. The van der Waals surface area contributed by atoms with Gasteiger partial charge in [-0.3, -0.25) is 0 Å². The number of nitrogens with zero attached hydrogens (tertiary/aromatic N) is 2. The fraction of sp³-hybridized carbons (Fsp3) is 0.533. The fourth-order valence-corrected chi connectivity index (χ4v) is 4.53. The Bertz CT molecular complexity index is 710. The SMILES string of the molecule is O=S1(=O)N=C(N2CCOC(C3CCCO3)C2)c2ccccc21. The molecule has 0 radical (unpaired) electrons. The molecule has 2 saturated heterocycles. The summed E-state index contributed by atoms with van der Waals surface area (Å²) in [7, 11) is -3.57. The number of amidine groups is 1. The molecular formula is C15H18N2O4S. The van der Waals surface area contributed by atoms with E-state index < -0.39 is 10.0 Å². The molecule has 3 aliphatic heterocycles. The van der Waals surface area contributed by atoms with Crippen LogP contribution >= 0.6 is 0 Å². The van der Waals surface area contributed by atoms with Gasteiger partial charge in [-0.05, 0) is 25.0 Å². The molecule has 7 heteroatoms. The van der Waals surface area contributed by atoms with Gasteiger partial charge in [-0.25, -0.2) is 0 Å². The summed E-state index contributed by atoms with van der Waals surface area (Å²) in [5, 5.41) is 0. The highest BCUT2D eigenvalue weighted by molar-refractivity contribution is 7.90. The van der Waals surface area contributed by atoms with Crippen molar-refractivity contribution in [3.8, 4) is 0 Å². The van der Waals surface area contributed by atoms with Gasteiger partial charge in [0.1, 0.15) is 11.0 Å². The number of rotatable bonds is 1. The van der Waals surface area contributed by atoms with Crippen LogP contribution in [0.5, 0.6) is 0 Å². The molecule has 0 spiro atoms. The van der Waals surface area contributed by atoms with Crippen LogP contribution < -0.4 is 0 Å². The van der Waals surface area contributed by atoms with Gasteiger partial charge in [0.15, 0.2) is 5.84 Å². The number of hydrogen-bond acceptors (Lipinski definition) is 5. The van der Waals surface area contributed by atoms with E-state index >= 15 is 0 Å². The van der Waals surface area contributed by atoms with E-state index in [1.54, 1.807) is 12.1 Å². The summed E-state index contributed by atoms with van der Waals surface area (Å²) >= 11 is 0. The Labute approximate surface area is 129 Å². The van der Waals surface area contributed by atoms with Gasteiger partial charge in [-0.2, -0.15) is 8.42 Å². The van der Waals surface area contributed by atoms with Gasteiger partial charge in [0, 0.05) is 25.3 Å². The maximum absolute atomic E-state index is 12.2. The van der Waals surface area contributed by atoms with Gasteiger partial charge in [-0.15, -0.1) is 4.40 Å². The number of sulfonamides is 1. The van der Waals surface area contributed by atoms with E-state index in [1.807, 2.05) is 17.0 Å². The van der Waals surface area contributed by atoms with Crippen LogP contribution in [0.3, 0.4) is 0 Å². The molecular weight excluding hydrogens is 304 g/mol. The summed E-state index contributed by atoms with van der Waals surface area (Å²) in [4.78, 5) is 2.31. The van der Waals surface area contributed by atoms with Crippen LogP contribution in [0.4, 0.5) is 0 Å². The lowest BCUT2D eigenvalue weighted by atomic mass is 10.1. The Hall–Kier alpha value is -1.44. The molecule has 0 N–H and O–H groups in total. The topological polar surface area (TPSA) is 68.2 Å². The minimum atomic E-state index is -3.57. The first-order valence-corrected chi connectivity index (χ1v) is 9.02. The van der Waals surface area contributed by atoms with Gasteiger partial charge in [0.2, 0.25) is 0 Å². The molecule has 3 heterocycles. The normalized spacial score (nSPS) is 30.2. The molecule has 2 atom stereocenters. The molecule has 1 aromatic carbocycles. The number of benzene rings is 1. The van der Waals surface area contributed by atoms with Crippen molar-refractivity contribution in [2.45, 2.75) is 29.9 Å². The number of ether oxygens (including phenoxy) is 2. The van der Waals surface area contributed by atoms with Gasteiger partial charge in [0.25, 0.3) is 10.0 Å². The first kappa shape index (κ1) is 14.2. The fourth-order valence-electron chi connectivity index (χ4n) is 3.31. The third-order valence-corrected chi connectivity index (χ3v) is 5.71. The molecule has 4 rings (SSSR count). The summed E-state index contributed by atoms with van der Waals surface area (Å²) in [5.74, 6) is 0.543. The second kappa shape index (κ2) is 5.33. The van der Waals surface area contributed by atoms with Gasteiger partial charge < -0.3 is 14.4 Å². The third kappa shape index (κ3) is 2.33. The average Bonchev–Trinajstić information content (AvgIpc) is 3.15. The highest BCUT2D eigenvalue weighted by atomic mass is 32.2. The van der Waals surface area contributed by atoms with Crippen molar-refractivity contribution in [2.24, 2.45) is 4.40 Å². The van der Waals surface area contributed by atoms with Crippen LogP contribution in [0.2, 0.25) is 0 Å². The minimum Gasteiger partial charge on any atom is -0.375 e. The Balaban J connectivity index is 1.62. The summed E-state index contributed by atoms with van der Waals surface area (Å²) in [6.45, 7) is 2.60. The summed E-state index contributed by atoms with van der Waals surface area (Å²) in [6.07, 6.45) is 2.15. The van der Waals surface area contributed by atoms with Crippen LogP contribution in [-0.4, -0.2) is 57.7 Å². The van der Waals surface area contributed by atoms with E-state index in [-0.39, 0.29) is 12.2 Å². The molecule has 6 nitrogen and oxygen atoms in total. The van der Waals surface area contributed by atoms with Crippen LogP contribution in [0.1, 0.15) is 18.4 Å². The van der Waals surface area contributed by atoms with Gasteiger partial charge in [0.05, 0.1) is 12.7 Å². The van der Waals surface area contributed by atoms with Crippen LogP contribution in [0, 0.1) is 0 Å². The van der Waals surface area contributed by atoms with Crippen molar-refractivity contribution in [1.82, 2.24) is 4.90 Å². The lowest BCUT2D eigenvalue weighted by Gasteiger charge is -2.36. The van der Waals surface area contributed by atoms with Crippen molar-refractivity contribution < 1.29 is 17.9 Å². The van der Waals surface area contributed by atoms with E-state index in [0.29, 0.717) is 36.0 Å². The third-order valence-electron chi connectivity index (χ3n) is 4.39. The summed E-state index contributed by atoms with van der Waals surface area (Å²) < 4.78 is 39.9. The molecule has 0 bridgehead atoms. The van der Waals surface area contributed by atoms with Crippen LogP contribution in [-0.2, 0) is 19.5 Å². The highest BCUT2D eigenvalue weighted by Crippen LogP contribution is 2.29. The van der Waals surface area contributed by atoms with Crippen molar-refractivity contribution in [3.05, 3.63) is 29.8 Å².